The van der Waals surface area contributed by atoms with Crippen molar-refractivity contribution in [1.82, 2.24) is 10.6 Å². The zero-order chi connectivity index (χ0) is 25.8. The quantitative estimate of drug-likeness (QED) is 0.137. The van der Waals surface area contributed by atoms with Crippen LogP contribution in [0.5, 0.6) is 0 Å². The Morgan fingerprint density at radius 1 is 0.543 bits per heavy atom. The Labute approximate surface area is 213 Å². The molecule has 0 aliphatic heterocycles. The van der Waals surface area contributed by atoms with Gasteiger partial charge >= 0.3 is 5.97 Å². The summed E-state index contributed by atoms with van der Waals surface area (Å²) in [5.41, 5.74) is 0. The number of unbranched alkanes of at least 4 members (excludes halogenated alkanes) is 10. The molecule has 0 aromatic heterocycles. The van der Waals surface area contributed by atoms with E-state index >= 15 is 0 Å². The number of hydrogen-bond donors (Lipinski definition) is 3. The zero-order valence-electron chi connectivity index (χ0n) is 22.3. The van der Waals surface area contributed by atoms with Crippen molar-refractivity contribution in [2.75, 3.05) is 39.5 Å². The molecule has 0 radical (unpaired) electrons. The van der Waals surface area contributed by atoms with E-state index in [1.165, 1.54) is 32.1 Å². The average molecular weight is 501 g/mol. The van der Waals surface area contributed by atoms with Crippen molar-refractivity contribution in [2.45, 2.75) is 116 Å². The van der Waals surface area contributed by atoms with Crippen LogP contribution in [0.1, 0.15) is 116 Å². The van der Waals surface area contributed by atoms with Crippen molar-refractivity contribution in [2.24, 2.45) is 0 Å². The number of carboxylic acid groups (broad SMARTS) is 1. The third kappa shape index (κ3) is 28.5. The van der Waals surface area contributed by atoms with Crippen LogP contribution in [0.15, 0.2) is 0 Å². The molecule has 0 heterocycles. The first-order valence-corrected chi connectivity index (χ1v) is 14.0. The maximum Gasteiger partial charge on any atom is 0.303 e. The number of carbonyl (C=O) groups excluding carboxylic acids is 2. The van der Waals surface area contributed by atoms with Crippen LogP contribution < -0.4 is 10.6 Å². The van der Waals surface area contributed by atoms with Gasteiger partial charge in [-0.2, -0.15) is 0 Å². The second-order valence-electron chi connectivity index (χ2n) is 9.12. The fourth-order valence-corrected chi connectivity index (χ4v) is 3.61. The first-order valence-electron chi connectivity index (χ1n) is 14.0. The Bertz CT molecular complexity index is 516. The molecule has 0 bridgehead atoms. The van der Waals surface area contributed by atoms with Crippen molar-refractivity contribution in [3.05, 3.63) is 0 Å². The van der Waals surface area contributed by atoms with Crippen LogP contribution in [-0.2, 0) is 23.9 Å². The number of ether oxygens (including phenoxy) is 2. The Kier molecular flexibility index (Phi) is 25.6. The number of nitrogens with one attached hydrogen (secondary N) is 2. The summed E-state index contributed by atoms with van der Waals surface area (Å²) in [6, 6.07) is 0. The molecule has 2 amide bonds. The van der Waals surface area contributed by atoms with Gasteiger partial charge in [-0.15, -0.1) is 0 Å². The van der Waals surface area contributed by atoms with E-state index in [0.717, 1.165) is 64.4 Å². The van der Waals surface area contributed by atoms with E-state index in [2.05, 4.69) is 10.6 Å². The lowest BCUT2D eigenvalue weighted by molar-refractivity contribution is -0.137. The first-order chi connectivity index (χ1) is 17.1. The van der Waals surface area contributed by atoms with E-state index < -0.39 is 5.97 Å². The zero-order valence-corrected chi connectivity index (χ0v) is 22.3. The normalized spacial score (nSPS) is 10.9. The Morgan fingerprint density at radius 3 is 1.40 bits per heavy atom. The smallest absolute Gasteiger partial charge is 0.303 e. The highest BCUT2D eigenvalue weighted by Gasteiger charge is 2.01. The molecule has 8 nitrogen and oxygen atoms in total. The molecule has 0 atom stereocenters. The molecule has 0 saturated carbocycles. The number of carbonyl (C=O) groups is 3. The molecule has 0 unspecified atom stereocenters. The molecular formula is C27H52N2O6. The van der Waals surface area contributed by atoms with Gasteiger partial charge in [-0.1, -0.05) is 58.3 Å². The van der Waals surface area contributed by atoms with Crippen molar-refractivity contribution >= 4 is 17.8 Å². The van der Waals surface area contributed by atoms with E-state index in [-0.39, 0.29) is 11.8 Å². The second kappa shape index (κ2) is 26.9. The van der Waals surface area contributed by atoms with Crippen LogP contribution in [0, 0.1) is 0 Å². The number of rotatable bonds is 27. The van der Waals surface area contributed by atoms with Crippen molar-refractivity contribution in [3.8, 4) is 0 Å². The SMILES string of the molecule is CCC(=O)NCCCOCCCCOCCCNC(=O)CCCCCCCCCCCCC(=O)O. The van der Waals surface area contributed by atoms with Gasteiger partial charge in [0.25, 0.3) is 0 Å². The number of carboxylic acids is 1. The van der Waals surface area contributed by atoms with E-state index in [1.807, 2.05) is 6.92 Å². The van der Waals surface area contributed by atoms with Crippen LogP contribution in [0.2, 0.25) is 0 Å². The molecular weight excluding hydrogens is 448 g/mol. The van der Waals surface area contributed by atoms with Crippen LogP contribution in [0.25, 0.3) is 0 Å². The van der Waals surface area contributed by atoms with Gasteiger partial charge in [0.15, 0.2) is 0 Å². The predicted molar refractivity (Wildman–Crippen MR) is 139 cm³/mol. The van der Waals surface area contributed by atoms with Crippen LogP contribution in [-0.4, -0.2) is 62.4 Å². The highest BCUT2D eigenvalue weighted by atomic mass is 16.5. The summed E-state index contributed by atoms with van der Waals surface area (Å²) >= 11 is 0. The monoisotopic (exact) mass is 500 g/mol. The van der Waals surface area contributed by atoms with Crippen LogP contribution in [0.4, 0.5) is 0 Å². The van der Waals surface area contributed by atoms with Crippen molar-refractivity contribution < 1.29 is 29.0 Å². The van der Waals surface area contributed by atoms with Gasteiger partial charge in [0, 0.05) is 58.8 Å². The second-order valence-corrected chi connectivity index (χ2v) is 9.12. The van der Waals surface area contributed by atoms with E-state index in [9.17, 15) is 14.4 Å². The highest BCUT2D eigenvalue weighted by Crippen LogP contribution is 2.12. The summed E-state index contributed by atoms with van der Waals surface area (Å²) in [6.07, 6.45) is 16.1. The lowest BCUT2D eigenvalue weighted by Crippen LogP contribution is -2.24. The summed E-state index contributed by atoms with van der Waals surface area (Å²) < 4.78 is 11.1. The van der Waals surface area contributed by atoms with Gasteiger partial charge < -0.3 is 25.2 Å². The summed E-state index contributed by atoms with van der Waals surface area (Å²) in [5.74, 6) is -0.474. The van der Waals surface area contributed by atoms with Crippen molar-refractivity contribution in [3.63, 3.8) is 0 Å². The van der Waals surface area contributed by atoms with Gasteiger partial charge in [-0.25, -0.2) is 0 Å². The van der Waals surface area contributed by atoms with E-state index in [4.69, 9.17) is 14.6 Å². The maximum atomic E-state index is 11.9. The molecule has 0 spiro atoms. The third-order valence-corrected chi connectivity index (χ3v) is 5.77. The Hall–Kier alpha value is -1.67. The standard InChI is InChI=1S/C27H52N2O6/c1-2-25(30)28-19-15-23-34-21-13-14-22-35-24-16-20-29-26(31)17-11-9-7-5-3-4-6-8-10-12-18-27(32)33/h2-24H2,1H3,(H,28,30)(H,29,31)(H,32,33). The maximum absolute atomic E-state index is 11.9. The Morgan fingerprint density at radius 2 is 0.943 bits per heavy atom. The topological polar surface area (TPSA) is 114 Å². The molecule has 0 fully saturated rings. The number of aliphatic carboxylic acids is 1. The first kappa shape index (κ1) is 33.3. The average Bonchev–Trinajstić information content (AvgIpc) is 2.84. The number of hydrogen-bond acceptors (Lipinski definition) is 5. The molecule has 3 N–H and O–H groups in total. The minimum atomic E-state index is -0.694. The van der Waals surface area contributed by atoms with Gasteiger partial charge in [0.2, 0.25) is 11.8 Å². The fourth-order valence-electron chi connectivity index (χ4n) is 3.61. The Balaban J connectivity index is 3.18. The molecule has 8 heteroatoms. The van der Waals surface area contributed by atoms with E-state index in [1.54, 1.807) is 0 Å². The van der Waals surface area contributed by atoms with Crippen LogP contribution in [0.3, 0.4) is 0 Å². The van der Waals surface area contributed by atoms with E-state index in [0.29, 0.717) is 52.2 Å². The minimum absolute atomic E-state index is 0.0832. The fraction of sp³-hybridized carbons (Fsp3) is 0.889. The van der Waals surface area contributed by atoms with Gasteiger partial charge in [0.05, 0.1) is 0 Å². The molecule has 0 saturated heterocycles. The van der Waals surface area contributed by atoms with Gasteiger partial charge in [-0.05, 0) is 38.5 Å². The van der Waals surface area contributed by atoms with Crippen molar-refractivity contribution in [1.29, 1.82) is 0 Å². The minimum Gasteiger partial charge on any atom is -0.481 e. The molecule has 0 aromatic rings. The summed E-state index contributed by atoms with van der Waals surface area (Å²) in [5, 5.41) is 14.4. The predicted octanol–water partition coefficient (Wildman–Crippen LogP) is 4.99. The van der Waals surface area contributed by atoms with Crippen LogP contribution >= 0.6 is 0 Å². The number of amides is 2. The lowest BCUT2D eigenvalue weighted by Gasteiger charge is -2.07. The van der Waals surface area contributed by atoms with Gasteiger partial charge in [0.1, 0.15) is 0 Å². The molecule has 206 valence electrons. The van der Waals surface area contributed by atoms with Gasteiger partial charge in [-0.3, -0.25) is 14.4 Å². The highest BCUT2D eigenvalue weighted by molar-refractivity contribution is 5.75. The molecule has 0 aliphatic carbocycles. The molecule has 0 aliphatic rings. The summed E-state index contributed by atoms with van der Waals surface area (Å²) in [4.78, 5) is 33.4. The molecule has 35 heavy (non-hydrogen) atoms. The summed E-state index contributed by atoms with van der Waals surface area (Å²) in [6.45, 7) is 5.96. The summed E-state index contributed by atoms with van der Waals surface area (Å²) in [7, 11) is 0. The third-order valence-electron chi connectivity index (χ3n) is 5.77. The lowest BCUT2D eigenvalue weighted by atomic mass is 10.1. The largest absolute Gasteiger partial charge is 0.481 e. The molecule has 0 rings (SSSR count). The molecule has 0 aromatic carbocycles.